The number of carbonyl (C=O) groups is 1. The molecule has 2 heterocycles. The summed E-state index contributed by atoms with van der Waals surface area (Å²) in [5, 5.41) is 0.924. The maximum absolute atomic E-state index is 13.4. The van der Waals surface area contributed by atoms with Crippen LogP contribution in [0, 0.1) is 6.92 Å². The SMILES string of the molecule is CCOc1ccc(CN(C(=O)Cc2coc3ccc(C)cc23)[C@H]2CCS(=O)(=O)C2)cc1. The van der Waals surface area contributed by atoms with Crippen LogP contribution in [0.25, 0.3) is 11.0 Å². The highest BCUT2D eigenvalue weighted by molar-refractivity contribution is 7.91. The second-order valence-corrected chi connectivity index (χ2v) is 10.3. The van der Waals surface area contributed by atoms with Gasteiger partial charge in [-0.2, -0.15) is 0 Å². The molecule has 1 amide bonds. The molecule has 1 aliphatic heterocycles. The van der Waals surface area contributed by atoms with Crippen molar-refractivity contribution in [3.63, 3.8) is 0 Å². The lowest BCUT2D eigenvalue weighted by Crippen LogP contribution is -2.41. The Morgan fingerprint density at radius 1 is 1.19 bits per heavy atom. The molecule has 1 atom stereocenters. The fraction of sp³-hybridized carbons (Fsp3) is 0.375. The van der Waals surface area contributed by atoms with Crippen LogP contribution in [0.3, 0.4) is 0 Å². The van der Waals surface area contributed by atoms with Crippen molar-refractivity contribution in [2.75, 3.05) is 18.1 Å². The summed E-state index contributed by atoms with van der Waals surface area (Å²) in [4.78, 5) is 15.1. The molecule has 0 radical (unpaired) electrons. The van der Waals surface area contributed by atoms with Crippen molar-refractivity contribution in [3.8, 4) is 5.75 Å². The van der Waals surface area contributed by atoms with E-state index < -0.39 is 9.84 Å². The molecule has 1 aliphatic rings. The van der Waals surface area contributed by atoms with E-state index in [0.29, 0.717) is 19.6 Å². The zero-order chi connectivity index (χ0) is 22.0. The topological polar surface area (TPSA) is 76.8 Å². The zero-order valence-corrected chi connectivity index (χ0v) is 18.7. The monoisotopic (exact) mass is 441 g/mol. The van der Waals surface area contributed by atoms with Gasteiger partial charge in [-0.3, -0.25) is 4.79 Å². The molecule has 2 aromatic carbocycles. The van der Waals surface area contributed by atoms with Crippen LogP contribution in [0.5, 0.6) is 5.75 Å². The van der Waals surface area contributed by atoms with Gasteiger partial charge in [-0.1, -0.05) is 23.8 Å². The Hall–Kier alpha value is -2.80. The van der Waals surface area contributed by atoms with E-state index in [9.17, 15) is 13.2 Å². The van der Waals surface area contributed by atoms with Gasteiger partial charge in [0.25, 0.3) is 0 Å². The third-order valence-corrected chi connectivity index (χ3v) is 7.46. The van der Waals surface area contributed by atoms with Gasteiger partial charge in [0.1, 0.15) is 11.3 Å². The number of hydrogen-bond donors (Lipinski definition) is 0. The highest BCUT2D eigenvalue weighted by atomic mass is 32.2. The minimum absolute atomic E-state index is 0.0149. The first-order valence-corrected chi connectivity index (χ1v) is 12.3. The first-order chi connectivity index (χ1) is 14.8. The lowest BCUT2D eigenvalue weighted by Gasteiger charge is -2.28. The van der Waals surface area contributed by atoms with Crippen LogP contribution >= 0.6 is 0 Å². The average Bonchev–Trinajstić information content (AvgIpc) is 3.30. The van der Waals surface area contributed by atoms with Crippen LogP contribution in [-0.4, -0.2) is 43.4 Å². The van der Waals surface area contributed by atoms with Crippen LogP contribution in [0.4, 0.5) is 0 Å². The standard InChI is InChI=1S/C24H27NO5S/c1-3-29-21-7-5-18(6-8-21)14-25(20-10-11-31(27,28)16-20)24(26)13-19-15-30-23-9-4-17(2)12-22(19)23/h4-9,12,15,20H,3,10-11,13-14,16H2,1-2H3/t20-/m0/s1. The number of aryl methyl sites for hydroxylation is 1. The second kappa shape index (κ2) is 8.75. The minimum atomic E-state index is -3.12. The van der Waals surface area contributed by atoms with Gasteiger partial charge in [0.05, 0.1) is 30.8 Å². The molecule has 6 nitrogen and oxygen atoms in total. The molecule has 3 aromatic rings. The van der Waals surface area contributed by atoms with Gasteiger partial charge in [-0.05, 0) is 50.1 Å². The zero-order valence-electron chi connectivity index (χ0n) is 17.8. The van der Waals surface area contributed by atoms with Crippen molar-refractivity contribution in [2.45, 2.75) is 39.3 Å². The maximum atomic E-state index is 13.4. The summed E-state index contributed by atoms with van der Waals surface area (Å²) in [5.74, 6) is 0.813. The number of furan rings is 1. The molecule has 0 saturated carbocycles. The van der Waals surface area contributed by atoms with E-state index in [-0.39, 0.29) is 29.9 Å². The number of sulfone groups is 1. The van der Waals surface area contributed by atoms with Crippen LogP contribution in [0.2, 0.25) is 0 Å². The Bertz CT molecular complexity index is 1180. The molecule has 164 valence electrons. The molecule has 0 bridgehead atoms. The molecule has 0 aliphatic carbocycles. The normalized spacial score (nSPS) is 17.7. The predicted octanol–water partition coefficient (Wildman–Crippen LogP) is 3.90. The number of fused-ring (bicyclic) bond motifs is 1. The van der Waals surface area contributed by atoms with Crippen molar-refractivity contribution in [2.24, 2.45) is 0 Å². The summed E-state index contributed by atoms with van der Waals surface area (Å²) in [6.07, 6.45) is 2.27. The first kappa shape index (κ1) is 21.4. The molecular weight excluding hydrogens is 414 g/mol. The van der Waals surface area contributed by atoms with Crippen LogP contribution < -0.4 is 4.74 Å². The Balaban J connectivity index is 1.58. The second-order valence-electron chi connectivity index (χ2n) is 8.09. The van der Waals surface area contributed by atoms with E-state index in [2.05, 4.69) is 0 Å². The highest BCUT2D eigenvalue weighted by Crippen LogP contribution is 2.26. The number of benzene rings is 2. The number of amides is 1. The van der Waals surface area contributed by atoms with Gasteiger partial charge in [0, 0.05) is 23.5 Å². The van der Waals surface area contributed by atoms with Gasteiger partial charge in [0.15, 0.2) is 9.84 Å². The largest absolute Gasteiger partial charge is 0.494 e. The van der Waals surface area contributed by atoms with Crippen LogP contribution in [0.1, 0.15) is 30.0 Å². The van der Waals surface area contributed by atoms with Gasteiger partial charge in [-0.15, -0.1) is 0 Å². The van der Waals surface area contributed by atoms with Crippen molar-refractivity contribution < 1.29 is 22.4 Å². The van der Waals surface area contributed by atoms with Crippen LogP contribution in [-0.2, 0) is 27.6 Å². The number of nitrogens with zero attached hydrogens (tertiary/aromatic N) is 1. The Morgan fingerprint density at radius 3 is 2.65 bits per heavy atom. The smallest absolute Gasteiger partial charge is 0.227 e. The molecule has 1 fully saturated rings. The van der Waals surface area contributed by atoms with E-state index in [1.165, 1.54) is 0 Å². The maximum Gasteiger partial charge on any atom is 0.227 e. The number of ether oxygens (including phenoxy) is 1. The molecule has 31 heavy (non-hydrogen) atoms. The summed E-state index contributed by atoms with van der Waals surface area (Å²) >= 11 is 0. The fourth-order valence-corrected chi connectivity index (χ4v) is 5.82. The molecule has 1 aromatic heterocycles. The number of carbonyl (C=O) groups excluding carboxylic acids is 1. The predicted molar refractivity (Wildman–Crippen MR) is 120 cm³/mol. The summed E-state index contributed by atoms with van der Waals surface area (Å²) in [6.45, 7) is 4.87. The lowest BCUT2D eigenvalue weighted by atomic mass is 10.1. The Kier molecular flexibility index (Phi) is 6.05. The average molecular weight is 442 g/mol. The molecule has 0 N–H and O–H groups in total. The summed E-state index contributed by atoms with van der Waals surface area (Å²) in [6, 6.07) is 13.2. The number of rotatable bonds is 7. The lowest BCUT2D eigenvalue weighted by molar-refractivity contribution is -0.133. The summed E-state index contributed by atoms with van der Waals surface area (Å²) in [7, 11) is -3.12. The minimum Gasteiger partial charge on any atom is -0.494 e. The highest BCUT2D eigenvalue weighted by Gasteiger charge is 2.34. The third kappa shape index (κ3) is 4.93. The third-order valence-electron chi connectivity index (χ3n) is 5.71. The number of hydrogen-bond acceptors (Lipinski definition) is 5. The van der Waals surface area contributed by atoms with Gasteiger partial charge in [-0.25, -0.2) is 8.42 Å². The molecule has 0 unspecified atom stereocenters. The van der Waals surface area contributed by atoms with E-state index in [1.807, 2.05) is 56.3 Å². The summed E-state index contributed by atoms with van der Waals surface area (Å²) < 4.78 is 35.3. The summed E-state index contributed by atoms with van der Waals surface area (Å²) in [5.41, 5.74) is 3.60. The van der Waals surface area contributed by atoms with Crippen LogP contribution in [0.15, 0.2) is 53.1 Å². The molecule has 7 heteroatoms. The van der Waals surface area contributed by atoms with Crippen molar-refractivity contribution >= 4 is 26.7 Å². The quantitative estimate of drug-likeness (QED) is 0.556. The Labute approximate surface area is 182 Å². The van der Waals surface area contributed by atoms with Crippen molar-refractivity contribution in [1.82, 2.24) is 4.90 Å². The molecule has 0 spiro atoms. The van der Waals surface area contributed by atoms with E-state index >= 15 is 0 Å². The fourth-order valence-electron chi connectivity index (χ4n) is 4.09. The molecule has 1 saturated heterocycles. The van der Waals surface area contributed by atoms with Crippen molar-refractivity contribution in [3.05, 3.63) is 65.4 Å². The van der Waals surface area contributed by atoms with Gasteiger partial charge in [0.2, 0.25) is 5.91 Å². The van der Waals surface area contributed by atoms with Crippen molar-refractivity contribution in [1.29, 1.82) is 0 Å². The Morgan fingerprint density at radius 2 is 1.97 bits per heavy atom. The van der Waals surface area contributed by atoms with Gasteiger partial charge >= 0.3 is 0 Å². The van der Waals surface area contributed by atoms with E-state index in [0.717, 1.165) is 33.4 Å². The molecule has 4 rings (SSSR count). The van der Waals surface area contributed by atoms with Gasteiger partial charge < -0.3 is 14.1 Å². The molecular formula is C24H27NO5S. The first-order valence-electron chi connectivity index (χ1n) is 10.5. The van der Waals surface area contributed by atoms with E-state index in [4.69, 9.17) is 9.15 Å². The van der Waals surface area contributed by atoms with E-state index in [1.54, 1.807) is 11.2 Å².